The highest BCUT2D eigenvalue weighted by molar-refractivity contribution is 6.36. The first kappa shape index (κ1) is 20.0. The van der Waals surface area contributed by atoms with Crippen molar-refractivity contribution in [2.75, 3.05) is 32.7 Å². The number of nitrogens with two attached hydrogens (primary N) is 1. The van der Waals surface area contributed by atoms with Gasteiger partial charge in [0.1, 0.15) is 0 Å². The van der Waals surface area contributed by atoms with E-state index >= 15 is 0 Å². The highest BCUT2D eigenvalue weighted by Gasteiger charge is 2.25. The molecule has 0 unspecified atom stereocenters. The Hall–Kier alpha value is -1.30. The molecule has 1 aromatic rings. The number of rotatable bonds is 7. The van der Waals surface area contributed by atoms with Crippen LogP contribution in [0.4, 0.5) is 0 Å². The maximum atomic E-state index is 12.6. The fourth-order valence-electron chi connectivity index (χ4n) is 2.92. The topological polar surface area (TPSA) is 66.6 Å². The summed E-state index contributed by atoms with van der Waals surface area (Å²) in [6.07, 6.45) is 4.60. The number of benzene rings is 1. The van der Waals surface area contributed by atoms with Gasteiger partial charge in [0.05, 0.1) is 10.6 Å². The molecule has 2 N–H and O–H groups in total. The lowest BCUT2D eigenvalue weighted by molar-refractivity contribution is -0.132. The number of halogens is 2. The minimum atomic E-state index is -0.115. The Bertz CT molecular complexity index is 602. The van der Waals surface area contributed by atoms with Crippen LogP contribution in [0.5, 0.6) is 0 Å². The van der Waals surface area contributed by atoms with E-state index in [2.05, 4.69) is 0 Å². The highest BCUT2D eigenvalue weighted by atomic mass is 35.5. The molecule has 2 rings (SSSR count). The molecule has 0 radical (unpaired) electrons. The lowest BCUT2D eigenvalue weighted by atomic mass is 10.1. The Morgan fingerprint density at radius 2 is 1.60 bits per heavy atom. The lowest BCUT2D eigenvalue weighted by Gasteiger charge is -2.35. The van der Waals surface area contributed by atoms with Crippen LogP contribution in [0.2, 0.25) is 10.0 Å². The van der Waals surface area contributed by atoms with Crippen molar-refractivity contribution in [3.05, 3.63) is 33.8 Å². The van der Waals surface area contributed by atoms with Crippen LogP contribution in [0.15, 0.2) is 18.2 Å². The summed E-state index contributed by atoms with van der Waals surface area (Å²) in [6, 6.07) is 4.87. The smallest absolute Gasteiger partial charge is 0.255 e. The molecule has 2 amide bonds. The SMILES string of the molecule is NCCCCCCC(=O)N1CCN(C(=O)c2ccc(Cl)cc2Cl)CC1. The number of amides is 2. The molecule has 1 saturated heterocycles. The first-order valence-corrected chi connectivity index (χ1v) is 9.50. The molecule has 1 heterocycles. The zero-order valence-electron chi connectivity index (χ0n) is 14.3. The number of hydrogen-bond donors (Lipinski definition) is 1. The molecule has 1 aliphatic rings. The molecule has 5 nitrogen and oxygen atoms in total. The zero-order chi connectivity index (χ0) is 18.2. The highest BCUT2D eigenvalue weighted by Crippen LogP contribution is 2.23. The maximum absolute atomic E-state index is 12.6. The molecule has 0 bridgehead atoms. The molecule has 0 saturated carbocycles. The van der Waals surface area contributed by atoms with Gasteiger partial charge in [0.2, 0.25) is 5.91 Å². The van der Waals surface area contributed by atoms with Crippen molar-refractivity contribution in [1.82, 2.24) is 9.80 Å². The van der Waals surface area contributed by atoms with Gasteiger partial charge >= 0.3 is 0 Å². The molecule has 1 aliphatic heterocycles. The van der Waals surface area contributed by atoms with Gasteiger partial charge < -0.3 is 15.5 Å². The van der Waals surface area contributed by atoms with Gasteiger partial charge in [0.25, 0.3) is 5.91 Å². The standard InChI is InChI=1S/C18H25Cl2N3O2/c19-14-6-7-15(16(20)13-14)18(25)23-11-9-22(10-12-23)17(24)5-3-1-2-4-8-21/h6-7,13H,1-5,8-12,21H2. The van der Waals surface area contributed by atoms with E-state index in [1.165, 1.54) is 0 Å². The van der Waals surface area contributed by atoms with Gasteiger partial charge in [-0.25, -0.2) is 0 Å². The molecule has 7 heteroatoms. The summed E-state index contributed by atoms with van der Waals surface area (Å²) in [6.45, 7) is 2.89. The fourth-order valence-corrected chi connectivity index (χ4v) is 3.41. The van der Waals surface area contributed by atoms with Crippen molar-refractivity contribution in [2.24, 2.45) is 5.73 Å². The second-order valence-corrected chi connectivity index (χ2v) is 7.09. The molecule has 25 heavy (non-hydrogen) atoms. The summed E-state index contributed by atoms with van der Waals surface area (Å²) in [5, 5.41) is 0.858. The van der Waals surface area contributed by atoms with Crippen molar-refractivity contribution >= 4 is 35.0 Å². The Morgan fingerprint density at radius 1 is 0.960 bits per heavy atom. The number of piperazine rings is 1. The Labute approximate surface area is 159 Å². The predicted molar refractivity (Wildman–Crippen MR) is 101 cm³/mol. The van der Waals surface area contributed by atoms with E-state index < -0.39 is 0 Å². The molecule has 0 aromatic heterocycles. The van der Waals surface area contributed by atoms with Crippen LogP contribution < -0.4 is 5.73 Å². The van der Waals surface area contributed by atoms with E-state index in [4.69, 9.17) is 28.9 Å². The van der Waals surface area contributed by atoms with Crippen LogP contribution >= 0.6 is 23.2 Å². The molecular weight excluding hydrogens is 361 g/mol. The molecule has 0 aliphatic carbocycles. The third kappa shape index (κ3) is 5.87. The van der Waals surface area contributed by atoms with E-state index in [1.807, 2.05) is 4.90 Å². The van der Waals surface area contributed by atoms with Crippen molar-refractivity contribution in [3.8, 4) is 0 Å². The predicted octanol–water partition coefficient (Wildman–Crippen LogP) is 3.19. The van der Waals surface area contributed by atoms with Crippen LogP contribution in [-0.4, -0.2) is 54.3 Å². The third-order valence-corrected chi connectivity index (χ3v) is 4.97. The molecule has 1 aromatic carbocycles. The van der Waals surface area contributed by atoms with Crippen molar-refractivity contribution in [2.45, 2.75) is 32.1 Å². The van der Waals surface area contributed by atoms with E-state index in [1.54, 1.807) is 23.1 Å². The van der Waals surface area contributed by atoms with Crippen LogP contribution in [0.25, 0.3) is 0 Å². The summed E-state index contributed by atoms with van der Waals surface area (Å²) in [5.74, 6) is 0.0555. The zero-order valence-corrected chi connectivity index (χ0v) is 15.9. The normalized spacial score (nSPS) is 14.7. The van der Waals surface area contributed by atoms with Gasteiger partial charge in [-0.1, -0.05) is 36.0 Å². The summed E-state index contributed by atoms with van der Waals surface area (Å²) >= 11 is 12.0. The Kier molecular flexibility index (Phi) is 8.00. The third-order valence-electron chi connectivity index (χ3n) is 4.43. The molecule has 138 valence electrons. The van der Waals surface area contributed by atoms with Gasteiger partial charge in [0.15, 0.2) is 0 Å². The fraction of sp³-hybridized carbons (Fsp3) is 0.556. The largest absolute Gasteiger partial charge is 0.339 e. The van der Waals surface area contributed by atoms with E-state index in [0.717, 1.165) is 25.7 Å². The quantitative estimate of drug-likeness (QED) is 0.732. The van der Waals surface area contributed by atoms with E-state index in [9.17, 15) is 9.59 Å². The van der Waals surface area contributed by atoms with Crippen molar-refractivity contribution < 1.29 is 9.59 Å². The van der Waals surface area contributed by atoms with Crippen LogP contribution in [0.3, 0.4) is 0 Å². The monoisotopic (exact) mass is 385 g/mol. The van der Waals surface area contributed by atoms with E-state index in [0.29, 0.717) is 54.8 Å². The van der Waals surface area contributed by atoms with Gasteiger partial charge in [-0.15, -0.1) is 0 Å². The molecule has 1 fully saturated rings. The number of carbonyl (C=O) groups is 2. The summed E-state index contributed by atoms with van der Waals surface area (Å²) in [7, 11) is 0. The summed E-state index contributed by atoms with van der Waals surface area (Å²) in [5.41, 5.74) is 5.91. The van der Waals surface area contributed by atoms with E-state index in [-0.39, 0.29) is 11.8 Å². The summed E-state index contributed by atoms with van der Waals surface area (Å²) in [4.78, 5) is 28.4. The average Bonchev–Trinajstić information content (AvgIpc) is 2.61. The van der Waals surface area contributed by atoms with Gasteiger partial charge in [-0.2, -0.15) is 0 Å². The number of nitrogens with zero attached hydrogens (tertiary/aromatic N) is 2. The number of unbranched alkanes of at least 4 members (excludes halogenated alkanes) is 3. The van der Waals surface area contributed by atoms with Gasteiger partial charge in [0, 0.05) is 37.6 Å². The molecule has 0 spiro atoms. The Morgan fingerprint density at radius 3 is 2.24 bits per heavy atom. The molecular formula is C18H25Cl2N3O2. The Balaban J connectivity index is 1.78. The first-order valence-electron chi connectivity index (χ1n) is 8.75. The average molecular weight is 386 g/mol. The second kappa shape index (κ2) is 10.00. The van der Waals surface area contributed by atoms with Gasteiger partial charge in [-0.3, -0.25) is 9.59 Å². The number of hydrogen-bond acceptors (Lipinski definition) is 3. The van der Waals surface area contributed by atoms with Crippen LogP contribution in [0, 0.1) is 0 Å². The first-order chi connectivity index (χ1) is 12.0. The minimum Gasteiger partial charge on any atom is -0.339 e. The number of carbonyl (C=O) groups excluding carboxylic acids is 2. The minimum absolute atomic E-state index is 0.115. The van der Waals surface area contributed by atoms with Crippen LogP contribution in [-0.2, 0) is 4.79 Å². The van der Waals surface area contributed by atoms with Crippen molar-refractivity contribution in [3.63, 3.8) is 0 Å². The second-order valence-electron chi connectivity index (χ2n) is 6.25. The van der Waals surface area contributed by atoms with Crippen molar-refractivity contribution in [1.29, 1.82) is 0 Å². The molecule has 0 atom stereocenters. The van der Waals surface area contributed by atoms with Gasteiger partial charge in [-0.05, 0) is 37.6 Å². The summed E-state index contributed by atoms with van der Waals surface area (Å²) < 4.78 is 0. The van der Waals surface area contributed by atoms with Crippen LogP contribution in [0.1, 0.15) is 42.5 Å². The lowest BCUT2D eigenvalue weighted by Crippen LogP contribution is -2.50. The maximum Gasteiger partial charge on any atom is 0.255 e.